The van der Waals surface area contributed by atoms with Gasteiger partial charge in [-0.15, -0.1) is 23.7 Å². The van der Waals surface area contributed by atoms with E-state index in [0.29, 0.717) is 6.04 Å². The van der Waals surface area contributed by atoms with Crippen LogP contribution in [0.5, 0.6) is 0 Å². The van der Waals surface area contributed by atoms with Gasteiger partial charge in [0.25, 0.3) is 0 Å². The molecule has 98 valence electrons. The van der Waals surface area contributed by atoms with Crippen molar-refractivity contribution in [1.82, 2.24) is 4.90 Å². The lowest BCUT2D eigenvalue weighted by atomic mass is 9.92. The molecule has 1 aromatic rings. The summed E-state index contributed by atoms with van der Waals surface area (Å²) in [4.78, 5) is 2.54. The van der Waals surface area contributed by atoms with Crippen LogP contribution >= 0.6 is 39.7 Å². The normalized spacial score (nSPS) is 25.6. The first-order valence-corrected chi connectivity index (χ1v) is 7.53. The van der Waals surface area contributed by atoms with E-state index in [2.05, 4.69) is 39.2 Å². The molecule has 0 aromatic carbocycles. The van der Waals surface area contributed by atoms with E-state index in [4.69, 9.17) is 5.73 Å². The molecule has 17 heavy (non-hydrogen) atoms. The van der Waals surface area contributed by atoms with Gasteiger partial charge >= 0.3 is 0 Å². The van der Waals surface area contributed by atoms with Crippen molar-refractivity contribution in [2.24, 2.45) is 11.7 Å². The van der Waals surface area contributed by atoms with Gasteiger partial charge in [-0.25, -0.2) is 0 Å². The summed E-state index contributed by atoms with van der Waals surface area (Å²) in [5.74, 6) is 0.832. The molecule has 2 atom stereocenters. The lowest BCUT2D eigenvalue weighted by Gasteiger charge is -2.37. The molecule has 2 heterocycles. The SMILES string of the molecule is CC1CCN(Cc2csc(Br)c2)C(CN)C1.Cl. The molecule has 1 saturated heterocycles. The highest BCUT2D eigenvalue weighted by Crippen LogP contribution is 2.26. The van der Waals surface area contributed by atoms with Crippen LogP contribution in [0.4, 0.5) is 0 Å². The summed E-state index contributed by atoms with van der Waals surface area (Å²) in [7, 11) is 0. The quantitative estimate of drug-likeness (QED) is 0.913. The fraction of sp³-hybridized carbons (Fsp3) is 0.667. The predicted octanol–water partition coefficient (Wildman–Crippen LogP) is 3.49. The lowest BCUT2D eigenvalue weighted by molar-refractivity contribution is 0.115. The molecule has 2 rings (SSSR count). The maximum atomic E-state index is 5.87. The molecule has 0 radical (unpaired) electrons. The summed E-state index contributed by atoms with van der Waals surface area (Å²) in [6.45, 7) is 5.37. The van der Waals surface area contributed by atoms with E-state index < -0.39 is 0 Å². The van der Waals surface area contributed by atoms with Gasteiger partial charge in [0.2, 0.25) is 0 Å². The van der Waals surface area contributed by atoms with Crippen molar-refractivity contribution in [3.63, 3.8) is 0 Å². The Bertz CT molecular complexity index is 345. The van der Waals surface area contributed by atoms with Crippen LogP contribution < -0.4 is 5.73 Å². The van der Waals surface area contributed by atoms with Crippen molar-refractivity contribution >= 4 is 39.7 Å². The predicted molar refractivity (Wildman–Crippen MR) is 80.9 cm³/mol. The molecule has 5 heteroatoms. The molecule has 2 N–H and O–H groups in total. The lowest BCUT2D eigenvalue weighted by Crippen LogP contribution is -2.45. The average Bonchev–Trinajstić information content (AvgIpc) is 2.67. The Labute approximate surface area is 122 Å². The molecule has 1 aliphatic rings. The highest BCUT2D eigenvalue weighted by atomic mass is 79.9. The summed E-state index contributed by atoms with van der Waals surface area (Å²) in [6.07, 6.45) is 2.56. The number of likely N-dealkylation sites (tertiary alicyclic amines) is 1. The maximum absolute atomic E-state index is 5.87. The smallest absolute Gasteiger partial charge is 0.0701 e. The number of nitrogens with zero attached hydrogens (tertiary/aromatic N) is 1. The van der Waals surface area contributed by atoms with E-state index >= 15 is 0 Å². The Morgan fingerprint density at radius 3 is 2.94 bits per heavy atom. The van der Waals surface area contributed by atoms with Crippen molar-refractivity contribution in [3.05, 3.63) is 20.8 Å². The van der Waals surface area contributed by atoms with E-state index in [-0.39, 0.29) is 12.4 Å². The molecule has 0 amide bonds. The number of rotatable bonds is 3. The monoisotopic (exact) mass is 338 g/mol. The van der Waals surface area contributed by atoms with E-state index in [9.17, 15) is 0 Å². The largest absolute Gasteiger partial charge is 0.329 e. The highest BCUT2D eigenvalue weighted by molar-refractivity contribution is 9.11. The van der Waals surface area contributed by atoms with Gasteiger partial charge in [-0.3, -0.25) is 4.90 Å². The summed E-state index contributed by atoms with van der Waals surface area (Å²) in [5, 5.41) is 2.23. The van der Waals surface area contributed by atoms with Crippen LogP contribution in [-0.2, 0) is 6.54 Å². The molecule has 0 bridgehead atoms. The van der Waals surface area contributed by atoms with E-state index in [1.807, 2.05) is 0 Å². The first kappa shape index (κ1) is 15.4. The van der Waals surface area contributed by atoms with Gasteiger partial charge in [0, 0.05) is 19.1 Å². The van der Waals surface area contributed by atoms with Crippen molar-refractivity contribution in [3.8, 4) is 0 Å². The summed E-state index contributed by atoms with van der Waals surface area (Å²) in [5.41, 5.74) is 7.27. The number of thiophene rings is 1. The topological polar surface area (TPSA) is 29.3 Å². The Hall–Kier alpha value is 0.390. The molecule has 2 unspecified atom stereocenters. The molecule has 0 aliphatic carbocycles. The minimum absolute atomic E-state index is 0. The maximum Gasteiger partial charge on any atom is 0.0701 e. The third-order valence-corrected chi connectivity index (χ3v) is 4.93. The number of piperidine rings is 1. The molecule has 1 aliphatic heterocycles. The van der Waals surface area contributed by atoms with E-state index in [1.54, 1.807) is 11.3 Å². The Morgan fingerprint density at radius 2 is 2.35 bits per heavy atom. The third kappa shape index (κ3) is 4.21. The fourth-order valence-electron chi connectivity index (χ4n) is 2.42. The highest BCUT2D eigenvalue weighted by Gasteiger charge is 2.25. The third-order valence-electron chi connectivity index (χ3n) is 3.38. The van der Waals surface area contributed by atoms with Crippen LogP contribution in [0.2, 0.25) is 0 Å². The summed E-state index contributed by atoms with van der Waals surface area (Å²) >= 11 is 5.28. The van der Waals surface area contributed by atoms with Gasteiger partial charge in [0.1, 0.15) is 0 Å². The van der Waals surface area contributed by atoms with Crippen LogP contribution in [0.3, 0.4) is 0 Å². The summed E-state index contributed by atoms with van der Waals surface area (Å²) in [6, 6.07) is 2.79. The van der Waals surface area contributed by atoms with Crippen molar-refractivity contribution in [1.29, 1.82) is 0 Å². The van der Waals surface area contributed by atoms with Crippen LogP contribution in [-0.4, -0.2) is 24.0 Å². The zero-order valence-electron chi connectivity index (χ0n) is 10.1. The minimum Gasteiger partial charge on any atom is -0.329 e. The van der Waals surface area contributed by atoms with Crippen LogP contribution in [0.25, 0.3) is 0 Å². The average molecular weight is 340 g/mol. The van der Waals surface area contributed by atoms with Gasteiger partial charge in [-0.1, -0.05) is 6.92 Å². The zero-order chi connectivity index (χ0) is 11.5. The number of hydrogen-bond acceptors (Lipinski definition) is 3. The second-order valence-corrected chi connectivity index (χ2v) is 7.04. The van der Waals surface area contributed by atoms with E-state index in [0.717, 1.165) is 19.0 Å². The molecule has 2 nitrogen and oxygen atoms in total. The molecule has 0 saturated carbocycles. The number of hydrogen-bond donors (Lipinski definition) is 1. The first-order valence-electron chi connectivity index (χ1n) is 5.86. The van der Waals surface area contributed by atoms with Gasteiger partial charge in [0.15, 0.2) is 0 Å². The van der Waals surface area contributed by atoms with Gasteiger partial charge in [-0.05, 0) is 58.2 Å². The molecular weight excluding hydrogens is 320 g/mol. The fourth-order valence-corrected chi connectivity index (χ4v) is 3.62. The van der Waals surface area contributed by atoms with Gasteiger partial charge in [-0.2, -0.15) is 0 Å². The zero-order valence-corrected chi connectivity index (χ0v) is 13.3. The van der Waals surface area contributed by atoms with Gasteiger partial charge in [0.05, 0.1) is 3.79 Å². The minimum atomic E-state index is 0. The molecule has 1 fully saturated rings. The second kappa shape index (κ2) is 7.10. The van der Waals surface area contributed by atoms with Crippen molar-refractivity contribution < 1.29 is 0 Å². The van der Waals surface area contributed by atoms with Crippen molar-refractivity contribution in [2.75, 3.05) is 13.1 Å². The standard InChI is InChI=1S/C12H19BrN2S.ClH/c1-9-2-3-15(11(4-9)6-14)7-10-5-12(13)16-8-10;/h5,8-9,11H,2-4,6-7,14H2,1H3;1H. The Morgan fingerprint density at radius 1 is 1.59 bits per heavy atom. The number of halogens is 2. The Kier molecular flexibility index (Phi) is 6.45. The number of nitrogens with two attached hydrogens (primary N) is 1. The van der Waals surface area contributed by atoms with Crippen LogP contribution in [0, 0.1) is 5.92 Å². The van der Waals surface area contributed by atoms with E-state index in [1.165, 1.54) is 28.7 Å². The van der Waals surface area contributed by atoms with Crippen LogP contribution in [0.15, 0.2) is 15.2 Å². The second-order valence-electron chi connectivity index (χ2n) is 4.75. The van der Waals surface area contributed by atoms with Crippen molar-refractivity contribution in [2.45, 2.75) is 32.4 Å². The summed E-state index contributed by atoms with van der Waals surface area (Å²) < 4.78 is 1.22. The first-order chi connectivity index (χ1) is 7.69. The molecular formula is C12H20BrClN2S. The van der Waals surface area contributed by atoms with Gasteiger partial charge < -0.3 is 5.73 Å². The molecule has 0 spiro atoms. The molecule has 1 aromatic heterocycles. The Balaban J connectivity index is 0.00000144. The van der Waals surface area contributed by atoms with Crippen LogP contribution in [0.1, 0.15) is 25.3 Å².